The normalized spacial score (nSPS) is 10.5. The molecule has 9 heteroatoms. The molecule has 1 aromatic carbocycles. The number of rotatable bonds is 8. The van der Waals surface area contributed by atoms with Crippen molar-refractivity contribution in [3.63, 3.8) is 0 Å². The zero-order valence-electron chi connectivity index (χ0n) is 16.7. The molecule has 0 aliphatic heterocycles. The van der Waals surface area contributed by atoms with Gasteiger partial charge in [-0.3, -0.25) is 4.99 Å². The second-order valence-corrected chi connectivity index (χ2v) is 5.48. The number of aromatic nitrogens is 1. The molecule has 0 saturated carbocycles. The van der Waals surface area contributed by atoms with Crippen LogP contribution in [0.2, 0.25) is 0 Å². The first kappa shape index (κ1) is 23.6. The molecule has 0 fully saturated rings. The predicted molar refractivity (Wildman–Crippen MR) is 119 cm³/mol. The van der Waals surface area contributed by atoms with Gasteiger partial charge in [-0.05, 0) is 23.8 Å². The van der Waals surface area contributed by atoms with E-state index in [-0.39, 0.29) is 24.0 Å². The average Bonchev–Trinajstić information content (AvgIpc) is 2.73. The number of methoxy groups -OCH3 is 4. The van der Waals surface area contributed by atoms with E-state index in [0.29, 0.717) is 42.2 Å². The molecular formula is C19H27IN4O4. The van der Waals surface area contributed by atoms with E-state index in [9.17, 15) is 0 Å². The first-order chi connectivity index (χ1) is 13.1. The number of halogens is 1. The monoisotopic (exact) mass is 502 g/mol. The van der Waals surface area contributed by atoms with E-state index in [2.05, 4.69) is 20.6 Å². The maximum absolute atomic E-state index is 5.38. The van der Waals surface area contributed by atoms with Gasteiger partial charge in [-0.15, -0.1) is 24.0 Å². The Morgan fingerprint density at radius 2 is 1.57 bits per heavy atom. The summed E-state index contributed by atoms with van der Waals surface area (Å²) in [7, 11) is 8.07. The number of pyridine rings is 1. The number of aliphatic imine (C=N–C) groups is 1. The van der Waals surface area contributed by atoms with E-state index in [1.807, 2.05) is 24.3 Å². The van der Waals surface area contributed by atoms with Gasteiger partial charge < -0.3 is 29.6 Å². The highest BCUT2D eigenvalue weighted by Crippen LogP contribution is 2.38. The Hall–Kier alpha value is -2.43. The SMILES string of the molecule is CN=C(NCc1cc(OC)c(OC)c(OC)c1)NCc1cccc(OC)n1.I. The molecule has 0 aliphatic rings. The van der Waals surface area contributed by atoms with Crippen LogP contribution >= 0.6 is 24.0 Å². The molecule has 2 rings (SSSR count). The van der Waals surface area contributed by atoms with Crippen molar-refractivity contribution in [1.82, 2.24) is 15.6 Å². The molecule has 2 N–H and O–H groups in total. The summed E-state index contributed by atoms with van der Waals surface area (Å²) in [6, 6.07) is 9.41. The van der Waals surface area contributed by atoms with Crippen molar-refractivity contribution in [2.24, 2.45) is 4.99 Å². The van der Waals surface area contributed by atoms with Gasteiger partial charge in [0.1, 0.15) is 0 Å². The summed E-state index contributed by atoms with van der Waals surface area (Å²) in [5.41, 5.74) is 1.82. The van der Waals surface area contributed by atoms with Gasteiger partial charge in [0.05, 0.1) is 40.7 Å². The quantitative estimate of drug-likeness (QED) is 0.326. The standard InChI is InChI=1S/C19H26N4O4.HI/c1-20-19(22-12-14-7-6-8-17(23-14)26-4)21-11-13-9-15(24-2)18(27-5)16(10-13)25-3;/h6-10H,11-12H2,1-5H3,(H2,20,21,22);1H. The largest absolute Gasteiger partial charge is 0.493 e. The third-order valence-electron chi connectivity index (χ3n) is 3.84. The van der Waals surface area contributed by atoms with Crippen molar-refractivity contribution in [2.75, 3.05) is 35.5 Å². The molecule has 1 aromatic heterocycles. The van der Waals surface area contributed by atoms with Crippen LogP contribution in [0, 0.1) is 0 Å². The van der Waals surface area contributed by atoms with Gasteiger partial charge in [0.25, 0.3) is 0 Å². The van der Waals surface area contributed by atoms with Gasteiger partial charge in [0, 0.05) is 19.7 Å². The zero-order chi connectivity index (χ0) is 19.6. The number of nitrogens with one attached hydrogen (secondary N) is 2. The molecule has 0 bridgehead atoms. The van der Waals surface area contributed by atoms with Crippen molar-refractivity contribution in [3.8, 4) is 23.1 Å². The highest BCUT2D eigenvalue weighted by Gasteiger charge is 2.13. The lowest BCUT2D eigenvalue weighted by atomic mass is 10.2. The first-order valence-corrected chi connectivity index (χ1v) is 8.38. The minimum atomic E-state index is 0. The average molecular weight is 502 g/mol. The highest BCUT2D eigenvalue weighted by molar-refractivity contribution is 14.0. The van der Waals surface area contributed by atoms with Crippen LogP contribution in [0.4, 0.5) is 0 Å². The molecule has 28 heavy (non-hydrogen) atoms. The number of hydrogen-bond acceptors (Lipinski definition) is 6. The Balaban J connectivity index is 0.00000392. The third kappa shape index (κ3) is 6.32. The van der Waals surface area contributed by atoms with Crippen molar-refractivity contribution in [1.29, 1.82) is 0 Å². The predicted octanol–water partition coefficient (Wildman–Crippen LogP) is 2.60. The van der Waals surface area contributed by atoms with Crippen LogP contribution in [0.15, 0.2) is 35.3 Å². The number of hydrogen-bond donors (Lipinski definition) is 2. The number of nitrogens with zero attached hydrogens (tertiary/aromatic N) is 2. The van der Waals surface area contributed by atoms with Crippen LogP contribution in [0.3, 0.4) is 0 Å². The molecule has 0 atom stereocenters. The van der Waals surface area contributed by atoms with Crippen LogP contribution in [-0.4, -0.2) is 46.4 Å². The van der Waals surface area contributed by atoms with Gasteiger partial charge in [0.15, 0.2) is 17.5 Å². The Morgan fingerprint density at radius 1 is 0.929 bits per heavy atom. The van der Waals surface area contributed by atoms with Crippen LogP contribution < -0.4 is 29.6 Å². The maximum Gasteiger partial charge on any atom is 0.213 e. The van der Waals surface area contributed by atoms with Crippen LogP contribution in [0.5, 0.6) is 23.1 Å². The molecule has 0 aliphatic carbocycles. The molecule has 0 saturated heterocycles. The lowest BCUT2D eigenvalue weighted by Gasteiger charge is -2.16. The van der Waals surface area contributed by atoms with Crippen molar-refractivity contribution in [3.05, 3.63) is 41.6 Å². The topological polar surface area (TPSA) is 86.2 Å². The number of benzene rings is 1. The van der Waals surface area contributed by atoms with E-state index in [1.165, 1.54) is 0 Å². The summed E-state index contributed by atoms with van der Waals surface area (Å²) in [5.74, 6) is 3.01. The van der Waals surface area contributed by atoms with Gasteiger partial charge in [0.2, 0.25) is 11.6 Å². The van der Waals surface area contributed by atoms with Crippen LogP contribution in [-0.2, 0) is 13.1 Å². The number of guanidine groups is 1. The van der Waals surface area contributed by atoms with Crippen molar-refractivity contribution in [2.45, 2.75) is 13.1 Å². The Morgan fingerprint density at radius 3 is 2.11 bits per heavy atom. The molecule has 2 aromatic rings. The fraction of sp³-hybridized carbons (Fsp3) is 0.368. The number of ether oxygens (including phenoxy) is 4. The molecule has 0 amide bonds. The summed E-state index contributed by atoms with van der Waals surface area (Å²) in [4.78, 5) is 8.59. The summed E-state index contributed by atoms with van der Waals surface area (Å²) in [5, 5.41) is 6.47. The van der Waals surface area contributed by atoms with E-state index in [1.54, 1.807) is 41.6 Å². The minimum absolute atomic E-state index is 0. The highest BCUT2D eigenvalue weighted by atomic mass is 127. The molecule has 0 radical (unpaired) electrons. The van der Waals surface area contributed by atoms with E-state index < -0.39 is 0 Å². The lowest BCUT2D eigenvalue weighted by molar-refractivity contribution is 0.323. The smallest absolute Gasteiger partial charge is 0.213 e. The van der Waals surface area contributed by atoms with Crippen LogP contribution in [0.25, 0.3) is 0 Å². The summed E-state index contributed by atoms with van der Waals surface area (Å²) >= 11 is 0. The Bertz CT molecular complexity index is 761. The summed E-state index contributed by atoms with van der Waals surface area (Å²) in [6.45, 7) is 1.05. The van der Waals surface area contributed by atoms with Gasteiger partial charge in [-0.1, -0.05) is 6.07 Å². The second kappa shape index (κ2) is 12.1. The first-order valence-electron chi connectivity index (χ1n) is 8.38. The molecular weight excluding hydrogens is 475 g/mol. The van der Waals surface area contributed by atoms with E-state index in [4.69, 9.17) is 18.9 Å². The van der Waals surface area contributed by atoms with Crippen molar-refractivity contribution < 1.29 is 18.9 Å². The molecule has 0 unspecified atom stereocenters. The molecule has 1 heterocycles. The molecule has 8 nitrogen and oxygen atoms in total. The summed E-state index contributed by atoms with van der Waals surface area (Å²) in [6.07, 6.45) is 0. The Kier molecular flexibility index (Phi) is 10.2. The van der Waals surface area contributed by atoms with Gasteiger partial charge in [-0.25, -0.2) is 4.98 Å². The van der Waals surface area contributed by atoms with E-state index in [0.717, 1.165) is 11.3 Å². The molecule has 154 valence electrons. The van der Waals surface area contributed by atoms with Gasteiger partial charge >= 0.3 is 0 Å². The van der Waals surface area contributed by atoms with Crippen LogP contribution in [0.1, 0.15) is 11.3 Å². The fourth-order valence-corrected chi connectivity index (χ4v) is 2.49. The van der Waals surface area contributed by atoms with E-state index >= 15 is 0 Å². The van der Waals surface area contributed by atoms with Gasteiger partial charge in [-0.2, -0.15) is 0 Å². The maximum atomic E-state index is 5.38. The van der Waals surface area contributed by atoms with Crippen molar-refractivity contribution >= 4 is 29.9 Å². The fourth-order valence-electron chi connectivity index (χ4n) is 2.49. The summed E-state index contributed by atoms with van der Waals surface area (Å²) < 4.78 is 21.2. The minimum Gasteiger partial charge on any atom is -0.493 e. The molecule has 0 spiro atoms. The second-order valence-electron chi connectivity index (χ2n) is 5.48. The zero-order valence-corrected chi connectivity index (χ0v) is 19.1. The third-order valence-corrected chi connectivity index (χ3v) is 3.84. The lowest BCUT2D eigenvalue weighted by Crippen LogP contribution is -2.36. The Labute approximate surface area is 182 Å².